The predicted octanol–water partition coefficient (Wildman–Crippen LogP) is 2.17. The molecular formula is C21H21ClFN3O5. The van der Waals surface area contributed by atoms with Crippen LogP contribution in [0.15, 0.2) is 23.0 Å². The highest BCUT2D eigenvalue weighted by Gasteiger charge is 2.42. The quantitative estimate of drug-likeness (QED) is 0.755. The summed E-state index contributed by atoms with van der Waals surface area (Å²) in [5.74, 6) is -2.16. The van der Waals surface area contributed by atoms with Crippen LogP contribution in [0.4, 0.5) is 4.39 Å². The molecular weight excluding hydrogens is 429 g/mol. The third kappa shape index (κ3) is 3.37. The van der Waals surface area contributed by atoms with Crippen molar-refractivity contribution >= 4 is 23.4 Å². The number of methoxy groups -OCH3 is 1. The van der Waals surface area contributed by atoms with Crippen molar-refractivity contribution in [2.24, 2.45) is 0 Å². The summed E-state index contributed by atoms with van der Waals surface area (Å²) in [6, 6.07) is 4.15. The first-order valence-electron chi connectivity index (χ1n) is 9.79. The van der Waals surface area contributed by atoms with Crippen LogP contribution in [0.1, 0.15) is 45.1 Å². The average molecular weight is 450 g/mol. The molecule has 0 aliphatic carbocycles. The van der Waals surface area contributed by atoms with Gasteiger partial charge >= 0.3 is 0 Å². The Morgan fingerprint density at radius 1 is 1.26 bits per heavy atom. The first-order chi connectivity index (χ1) is 14.8. The number of hydrogen-bond donors (Lipinski definition) is 1. The summed E-state index contributed by atoms with van der Waals surface area (Å²) in [5.41, 5.74) is 0.182. The van der Waals surface area contributed by atoms with Gasteiger partial charge in [-0.25, -0.2) is 4.39 Å². The van der Waals surface area contributed by atoms with Crippen LogP contribution in [0.5, 0.6) is 5.75 Å². The van der Waals surface area contributed by atoms with Gasteiger partial charge in [0.2, 0.25) is 0 Å². The Morgan fingerprint density at radius 2 is 2.00 bits per heavy atom. The molecule has 1 aromatic carbocycles. The Hall–Kier alpha value is -2.91. The summed E-state index contributed by atoms with van der Waals surface area (Å²) in [5, 5.41) is 10.5. The Balaban J connectivity index is 1.73. The molecule has 1 aromatic heterocycles. The number of hydrogen-bond acceptors (Lipinski definition) is 5. The minimum absolute atomic E-state index is 0.0583. The number of amides is 2. The summed E-state index contributed by atoms with van der Waals surface area (Å²) < 4.78 is 19.7. The van der Waals surface area contributed by atoms with Crippen molar-refractivity contribution in [2.75, 3.05) is 26.8 Å². The summed E-state index contributed by atoms with van der Waals surface area (Å²) in [7, 11) is 1.51. The predicted molar refractivity (Wildman–Crippen MR) is 110 cm³/mol. The van der Waals surface area contributed by atoms with Gasteiger partial charge in [-0.15, -0.1) is 0 Å². The molecule has 0 saturated carbocycles. The van der Waals surface area contributed by atoms with Crippen molar-refractivity contribution in [3.05, 3.63) is 61.8 Å². The van der Waals surface area contributed by atoms with E-state index in [4.69, 9.17) is 16.3 Å². The molecule has 0 radical (unpaired) electrons. The zero-order valence-corrected chi connectivity index (χ0v) is 17.8. The van der Waals surface area contributed by atoms with Gasteiger partial charge in [0.15, 0.2) is 5.75 Å². The standard InChI is InChI=1S/C21H21ClFN3O5/c1-11-25(7-8-31-2)20(29)17-13-5-6-24(10-12-3-4-15(23)14(22)9-12)19(28)16(13)18(27)21(30)26(11)17/h3-4,9,11,27H,5-8,10H2,1-2H3. The van der Waals surface area contributed by atoms with Crippen molar-refractivity contribution in [1.29, 1.82) is 0 Å². The number of carbonyl (C=O) groups excluding carboxylic acids is 2. The molecule has 8 nitrogen and oxygen atoms in total. The molecule has 2 aliphatic heterocycles. The first kappa shape index (κ1) is 21.3. The maximum Gasteiger partial charge on any atom is 0.295 e. The normalized spacial score (nSPS) is 17.9. The van der Waals surface area contributed by atoms with Gasteiger partial charge in [0, 0.05) is 32.3 Å². The van der Waals surface area contributed by atoms with Gasteiger partial charge in [-0.1, -0.05) is 17.7 Å². The minimum Gasteiger partial charge on any atom is -0.502 e. The fourth-order valence-corrected chi connectivity index (χ4v) is 4.43. The number of benzene rings is 1. The van der Waals surface area contributed by atoms with Crippen LogP contribution in [-0.2, 0) is 17.7 Å². The number of ether oxygens (including phenoxy) is 1. The number of aromatic hydroxyl groups is 1. The van der Waals surface area contributed by atoms with E-state index in [2.05, 4.69) is 0 Å². The largest absolute Gasteiger partial charge is 0.502 e. The molecule has 1 N–H and O–H groups in total. The summed E-state index contributed by atoms with van der Waals surface area (Å²) in [6.45, 7) is 2.65. The zero-order chi connectivity index (χ0) is 22.4. The Labute approximate surface area is 182 Å². The van der Waals surface area contributed by atoms with E-state index in [1.165, 1.54) is 39.7 Å². The monoisotopic (exact) mass is 449 g/mol. The second-order valence-corrected chi connectivity index (χ2v) is 7.98. The first-order valence-corrected chi connectivity index (χ1v) is 10.2. The van der Waals surface area contributed by atoms with Crippen LogP contribution >= 0.6 is 11.6 Å². The highest BCUT2D eigenvalue weighted by molar-refractivity contribution is 6.30. The van der Waals surface area contributed by atoms with Crippen LogP contribution in [0.2, 0.25) is 5.02 Å². The van der Waals surface area contributed by atoms with Crippen molar-refractivity contribution in [1.82, 2.24) is 14.4 Å². The van der Waals surface area contributed by atoms with Crippen molar-refractivity contribution in [2.45, 2.75) is 26.1 Å². The van der Waals surface area contributed by atoms with Crippen LogP contribution in [0, 0.1) is 5.82 Å². The maximum atomic E-state index is 13.4. The van der Waals surface area contributed by atoms with Crippen molar-refractivity contribution < 1.29 is 23.8 Å². The lowest BCUT2D eigenvalue weighted by atomic mass is 9.95. The number of halogens is 2. The molecule has 2 aliphatic rings. The fraction of sp³-hybridized carbons (Fsp3) is 0.381. The van der Waals surface area contributed by atoms with Gasteiger partial charge in [0.05, 0.1) is 17.2 Å². The van der Waals surface area contributed by atoms with Gasteiger partial charge < -0.3 is 19.6 Å². The number of fused-ring (bicyclic) bond motifs is 3. The van der Waals surface area contributed by atoms with E-state index in [9.17, 15) is 23.9 Å². The van der Waals surface area contributed by atoms with Gasteiger partial charge in [-0.3, -0.25) is 19.0 Å². The molecule has 10 heteroatoms. The highest BCUT2D eigenvalue weighted by Crippen LogP contribution is 2.35. The molecule has 0 bridgehead atoms. The molecule has 2 amide bonds. The van der Waals surface area contributed by atoms with Gasteiger partial charge in [0.25, 0.3) is 17.4 Å². The van der Waals surface area contributed by atoms with E-state index in [0.29, 0.717) is 17.7 Å². The summed E-state index contributed by atoms with van der Waals surface area (Å²) in [6.07, 6.45) is -0.314. The lowest BCUT2D eigenvalue weighted by molar-refractivity contribution is 0.0633. The molecule has 164 valence electrons. The van der Waals surface area contributed by atoms with Gasteiger partial charge in [-0.05, 0) is 31.0 Å². The van der Waals surface area contributed by atoms with E-state index >= 15 is 0 Å². The summed E-state index contributed by atoms with van der Waals surface area (Å²) >= 11 is 5.82. The van der Waals surface area contributed by atoms with Crippen LogP contribution < -0.4 is 5.56 Å². The lowest BCUT2D eigenvalue weighted by Crippen LogP contribution is -2.40. The molecule has 1 unspecified atom stereocenters. The zero-order valence-electron chi connectivity index (χ0n) is 17.0. The van der Waals surface area contributed by atoms with E-state index in [1.54, 1.807) is 6.92 Å². The summed E-state index contributed by atoms with van der Waals surface area (Å²) in [4.78, 5) is 42.0. The van der Waals surface area contributed by atoms with E-state index in [-0.39, 0.29) is 48.2 Å². The Morgan fingerprint density at radius 3 is 2.68 bits per heavy atom. The molecule has 3 heterocycles. The van der Waals surface area contributed by atoms with Gasteiger partial charge in [-0.2, -0.15) is 0 Å². The second-order valence-electron chi connectivity index (χ2n) is 7.57. The molecule has 4 rings (SSSR count). The maximum absolute atomic E-state index is 13.4. The lowest BCUT2D eigenvalue weighted by Gasteiger charge is -2.30. The number of rotatable bonds is 5. The second kappa shape index (κ2) is 7.97. The molecule has 31 heavy (non-hydrogen) atoms. The number of aromatic nitrogens is 1. The van der Waals surface area contributed by atoms with E-state index in [1.807, 2.05) is 0 Å². The molecule has 0 fully saturated rings. The Bertz CT molecular complexity index is 1150. The topological polar surface area (TPSA) is 92.1 Å². The molecule has 0 saturated heterocycles. The molecule has 1 atom stereocenters. The van der Waals surface area contributed by atoms with Crippen molar-refractivity contribution in [3.63, 3.8) is 0 Å². The Kier molecular flexibility index (Phi) is 5.49. The van der Waals surface area contributed by atoms with E-state index in [0.717, 1.165) is 0 Å². The smallest absolute Gasteiger partial charge is 0.295 e. The number of carbonyl (C=O) groups is 2. The SMILES string of the molecule is COCCN1C(=O)c2c3c(c(O)c(=O)n2C1C)C(=O)N(Cc1ccc(F)c(Cl)c1)CC3. The van der Waals surface area contributed by atoms with Crippen LogP contribution in [0.3, 0.4) is 0 Å². The third-order valence-electron chi connectivity index (χ3n) is 5.80. The third-order valence-corrected chi connectivity index (χ3v) is 6.09. The molecule has 0 spiro atoms. The van der Waals surface area contributed by atoms with Gasteiger partial charge in [0.1, 0.15) is 17.7 Å². The van der Waals surface area contributed by atoms with Crippen LogP contribution in [0.25, 0.3) is 0 Å². The highest BCUT2D eigenvalue weighted by atomic mass is 35.5. The minimum atomic E-state index is -0.783. The fourth-order valence-electron chi connectivity index (χ4n) is 4.23. The molecule has 2 aromatic rings. The van der Waals surface area contributed by atoms with Crippen molar-refractivity contribution in [3.8, 4) is 5.75 Å². The average Bonchev–Trinajstić information content (AvgIpc) is 2.99. The number of pyridine rings is 1. The van der Waals surface area contributed by atoms with E-state index < -0.39 is 29.2 Å². The number of nitrogens with zero attached hydrogens (tertiary/aromatic N) is 3. The van der Waals surface area contributed by atoms with Crippen LogP contribution in [-0.4, -0.2) is 58.1 Å².